The predicted molar refractivity (Wildman–Crippen MR) is 115 cm³/mol. The van der Waals surface area contributed by atoms with Crippen LogP contribution in [0.2, 0.25) is 0 Å². The maximum Gasteiger partial charge on any atom is 0.253 e. The van der Waals surface area contributed by atoms with Crippen molar-refractivity contribution in [1.82, 2.24) is 15.2 Å². The van der Waals surface area contributed by atoms with Crippen LogP contribution in [0.5, 0.6) is 0 Å². The molecule has 2 amide bonds. The van der Waals surface area contributed by atoms with Gasteiger partial charge < -0.3 is 10.2 Å². The molecule has 2 aliphatic carbocycles. The molecule has 1 spiro atoms. The van der Waals surface area contributed by atoms with Gasteiger partial charge >= 0.3 is 0 Å². The van der Waals surface area contributed by atoms with E-state index < -0.39 is 0 Å². The Hall–Kier alpha value is -2.69. The Kier molecular flexibility index (Phi) is 5.05. The summed E-state index contributed by atoms with van der Waals surface area (Å²) in [7, 11) is 0. The second-order valence-electron chi connectivity index (χ2n) is 9.25. The maximum atomic E-state index is 12.8. The van der Waals surface area contributed by atoms with E-state index in [0.29, 0.717) is 17.9 Å². The molecule has 1 aromatic carbocycles. The Morgan fingerprint density at radius 2 is 1.80 bits per heavy atom. The van der Waals surface area contributed by atoms with Gasteiger partial charge in [-0.15, -0.1) is 0 Å². The minimum absolute atomic E-state index is 0.0903. The number of aromatic nitrogens is 1. The largest absolute Gasteiger partial charge is 0.356 e. The van der Waals surface area contributed by atoms with Gasteiger partial charge in [0.1, 0.15) is 0 Å². The quantitative estimate of drug-likeness (QED) is 0.829. The summed E-state index contributed by atoms with van der Waals surface area (Å²) < 4.78 is 0. The van der Waals surface area contributed by atoms with Gasteiger partial charge in [-0.1, -0.05) is 24.3 Å². The Balaban J connectivity index is 1.28. The molecule has 2 aromatic rings. The van der Waals surface area contributed by atoms with Gasteiger partial charge in [-0.3, -0.25) is 14.6 Å². The number of carbonyl (C=O) groups excluding carboxylic acids is 2. The number of hydrogen-bond acceptors (Lipinski definition) is 3. The third-order valence-electron chi connectivity index (χ3n) is 7.26. The molecule has 2 heterocycles. The molecule has 1 saturated heterocycles. The SMILES string of the molecule is O=C(C[C@H]1CC2(CCN(C(=O)c3ccncc3)CC2)c2ccccc21)NCC1CC1. The number of amides is 2. The Bertz CT molecular complexity index is 930. The van der Waals surface area contributed by atoms with Gasteiger partial charge in [-0.05, 0) is 72.6 Å². The van der Waals surface area contributed by atoms with Crippen molar-refractivity contribution in [3.63, 3.8) is 0 Å². The lowest BCUT2D eigenvalue weighted by Crippen LogP contribution is -2.44. The second kappa shape index (κ2) is 7.86. The second-order valence-corrected chi connectivity index (χ2v) is 9.25. The molecule has 0 radical (unpaired) electrons. The van der Waals surface area contributed by atoms with Crippen molar-refractivity contribution in [2.75, 3.05) is 19.6 Å². The molecule has 5 rings (SSSR count). The first kappa shape index (κ1) is 19.3. The van der Waals surface area contributed by atoms with Crippen molar-refractivity contribution >= 4 is 11.8 Å². The van der Waals surface area contributed by atoms with Crippen molar-refractivity contribution in [3.05, 3.63) is 65.5 Å². The van der Waals surface area contributed by atoms with Crippen LogP contribution in [0.1, 0.15) is 65.9 Å². The maximum absolute atomic E-state index is 12.8. The number of hydrogen-bond donors (Lipinski definition) is 1. The van der Waals surface area contributed by atoms with Crippen molar-refractivity contribution in [3.8, 4) is 0 Å². The van der Waals surface area contributed by atoms with Crippen LogP contribution in [-0.2, 0) is 10.2 Å². The minimum Gasteiger partial charge on any atom is -0.356 e. The predicted octanol–water partition coefficient (Wildman–Crippen LogP) is 3.66. The molecule has 3 aliphatic rings. The lowest BCUT2D eigenvalue weighted by atomic mass is 9.73. The molecule has 5 nitrogen and oxygen atoms in total. The fourth-order valence-electron chi connectivity index (χ4n) is 5.37. The van der Waals surface area contributed by atoms with Crippen LogP contribution in [0.25, 0.3) is 0 Å². The van der Waals surface area contributed by atoms with Crippen molar-refractivity contribution in [1.29, 1.82) is 0 Å². The molecule has 1 N–H and O–H groups in total. The molecule has 0 unspecified atom stereocenters. The van der Waals surface area contributed by atoms with Crippen LogP contribution in [0, 0.1) is 5.92 Å². The minimum atomic E-state index is 0.0903. The average molecular weight is 404 g/mol. The highest BCUT2D eigenvalue weighted by molar-refractivity contribution is 5.94. The summed E-state index contributed by atoms with van der Waals surface area (Å²) in [5.41, 5.74) is 3.54. The summed E-state index contributed by atoms with van der Waals surface area (Å²) in [6.45, 7) is 2.36. The topological polar surface area (TPSA) is 62.3 Å². The van der Waals surface area contributed by atoms with Crippen LogP contribution in [0.4, 0.5) is 0 Å². The van der Waals surface area contributed by atoms with Gasteiger partial charge in [0.2, 0.25) is 5.91 Å². The van der Waals surface area contributed by atoms with Crippen LogP contribution < -0.4 is 5.32 Å². The van der Waals surface area contributed by atoms with Crippen LogP contribution in [0.15, 0.2) is 48.8 Å². The van der Waals surface area contributed by atoms with E-state index in [9.17, 15) is 9.59 Å². The number of fused-ring (bicyclic) bond motifs is 2. The first-order valence-electron chi connectivity index (χ1n) is 11.2. The Labute approximate surface area is 177 Å². The molecular weight excluding hydrogens is 374 g/mol. The van der Waals surface area contributed by atoms with Crippen LogP contribution in [0.3, 0.4) is 0 Å². The highest BCUT2D eigenvalue weighted by Crippen LogP contribution is 2.52. The summed E-state index contributed by atoms with van der Waals surface area (Å²) in [4.78, 5) is 31.4. The number of piperidine rings is 1. The van der Waals surface area contributed by atoms with E-state index in [1.165, 1.54) is 24.0 Å². The fraction of sp³-hybridized carbons (Fsp3) is 0.480. The summed E-state index contributed by atoms with van der Waals surface area (Å²) in [6, 6.07) is 12.2. The fourth-order valence-corrected chi connectivity index (χ4v) is 5.37. The zero-order chi connectivity index (χ0) is 20.6. The number of likely N-dealkylation sites (tertiary alicyclic amines) is 1. The average Bonchev–Trinajstić information content (AvgIpc) is 3.58. The summed E-state index contributed by atoms with van der Waals surface area (Å²) in [5.74, 6) is 1.26. The monoisotopic (exact) mass is 403 g/mol. The van der Waals surface area contributed by atoms with Crippen LogP contribution >= 0.6 is 0 Å². The first-order valence-corrected chi connectivity index (χ1v) is 11.2. The molecule has 2 fully saturated rings. The smallest absolute Gasteiger partial charge is 0.253 e. The summed E-state index contributed by atoms with van der Waals surface area (Å²) in [5, 5.41) is 3.14. The van der Waals surface area contributed by atoms with Gasteiger partial charge in [0, 0.05) is 44.0 Å². The molecule has 5 heteroatoms. The van der Waals surface area contributed by atoms with Gasteiger partial charge in [0.15, 0.2) is 0 Å². The van der Waals surface area contributed by atoms with E-state index in [1.54, 1.807) is 24.5 Å². The van der Waals surface area contributed by atoms with Gasteiger partial charge in [-0.25, -0.2) is 0 Å². The van der Waals surface area contributed by atoms with Gasteiger partial charge in [0.05, 0.1) is 0 Å². The number of carbonyl (C=O) groups is 2. The number of rotatable bonds is 5. The summed E-state index contributed by atoms with van der Waals surface area (Å²) in [6.07, 6.45) is 9.36. The highest BCUT2D eigenvalue weighted by Gasteiger charge is 2.46. The normalized spacial score (nSPS) is 22.0. The number of nitrogens with one attached hydrogen (secondary N) is 1. The van der Waals surface area contributed by atoms with Crippen molar-refractivity contribution in [2.45, 2.75) is 49.9 Å². The van der Waals surface area contributed by atoms with E-state index in [2.05, 4.69) is 34.6 Å². The van der Waals surface area contributed by atoms with Crippen LogP contribution in [-0.4, -0.2) is 41.3 Å². The van der Waals surface area contributed by atoms with E-state index >= 15 is 0 Å². The third-order valence-corrected chi connectivity index (χ3v) is 7.26. The third kappa shape index (κ3) is 3.73. The Morgan fingerprint density at radius 3 is 2.53 bits per heavy atom. The number of benzene rings is 1. The molecule has 1 aliphatic heterocycles. The molecule has 1 aromatic heterocycles. The van der Waals surface area contributed by atoms with Crippen molar-refractivity contribution in [2.24, 2.45) is 5.92 Å². The molecule has 0 bridgehead atoms. The summed E-state index contributed by atoms with van der Waals surface area (Å²) >= 11 is 0. The lowest BCUT2D eigenvalue weighted by molar-refractivity contribution is -0.121. The Morgan fingerprint density at radius 1 is 1.07 bits per heavy atom. The van der Waals surface area contributed by atoms with Gasteiger partial charge in [-0.2, -0.15) is 0 Å². The molecule has 30 heavy (non-hydrogen) atoms. The number of nitrogens with zero attached hydrogens (tertiary/aromatic N) is 2. The van der Waals surface area contributed by atoms with E-state index in [-0.39, 0.29) is 23.1 Å². The van der Waals surface area contributed by atoms with E-state index in [0.717, 1.165) is 38.9 Å². The lowest BCUT2D eigenvalue weighted by Gasteiger charge is -2.40. The first-order chi connectivity index (χ1) is 14.6. The van der Waals surface area contributed by atoms with Gasteiger partial charge in [0.25, 0.3) is 5.91 Å². The number of pyridine rings is 1. The molecular formula is C25H29N3O2. The standard InChI is InChI=1S/C25H29N3O2/c29-23(27-17-18-5-6-18)15-20-16-25(22-4-2-1-3-21(20)22)9-13-28(14-10-25)24(30)19-7-11-26-12-8-19/h1-4,7-8,11-12,18,20H,5-6,9-10,13-17H2,(H,27,29)/t20-/m0/s1. The molecule has 1 saturated carbocycles. The van der Waals surface area contributed by atoms with Crippen molar-refractivity contribution < 1.29 is 9.59 Å². The molecule has 1 atom stereocenters. The van der Waals surface area contributed by atoms with E-state index in [1.807, 2.05) is 4.90 Å². The zero-order valence-corrected chi connectivity index (χ0v) is 17.3. The highest BCUT2D eigenvalue weighted by atomic mass is 16.2. The molecule has 156 valence electrons. The van der Waals surface area contributed by atoms with E-state index in [4.69, 9.17) is 0 Å². The zero-order valence-electron chi connectivity index (χ0n) is 17.3.